The molecule has 25 heavy (non-hydrogen) atoms. The molecule has 2 rings (SSSR count). The molecular formula is C19H17BrFNO3. The van der Waals surface area contributed by atoms with Crippen LogP contribution in [0.4, 0.5) is 4.39 Å². The van der Waals surface area contributed by atoms with Crippen LogP contribution in [0.1, 0.15) is 24.1 Å². The molecule has 0 aliphatic rings. The van der Waals surface area contributed by atoms with Gasteiger partial charge in [-0.25, -0.2) is 9.18 Å². The number of nitrogens with one attached hydrogen (secondary N) is 1. The van der Waals surface area contributed by atoms with Crippen molar-refractivity contribution in [2.75, 3.05) is 6.61 Å². The predicted molar refractivity (Wildman–Crippen MR) is 97.1 cm³/mol. The lowest BCUT2D eigenvalue weighted by Gasteiger charge is -2.13. The lowest BCUT2D eigenvalue weighted by atomic mass is 10.1. The number of hydrogen-bond acceptors (Lipinski definition) is 3. The zero-order valence-corrected chi connectivity index (χ0v) is 15.1. The number of hydrogen-bond donors (Lipinski definition) is 1. The van der Waals surface area contributed by atoms with Crippen molar-refractivity contribution in [1.82, 2.24) is 5.32 Å². The highest BCUT2D eigenvalue weighted by molar-refractivity contribution is 9.10. The van der Waals surface area contributed by atoms with E-state index in [-0.39, 0.29) is 11.6 Å². The largest absolute Gasteiger partial charge is 0.452 e. The molecule has 0 aliphatic carbocycles. The first-order chi connectivity index (χ1) is 12.0. The van der Waals surface area contributed by atoms with Crippen molar-refractivity contribution in [1.29, 1.82) is 0 Å². The average Bonchev–Trinajstić information content (AvgIpc) is 2.61. The third-order valence-corrected chi connectivity index (χ3v) is 3.87. The van der Waals surface area contributed by atoms with Crippen molar-refractivity contribution in [3.8, 4) is 0 Å². The lowest BCUT2D eigenvalue weighted by molar-refractivity contribution is -0.144. The second-order valence-corrected chi connectivity index (χ2v) is 6.22. The number of esters is 1. The molecule has 0 aromatic heterocycles. The molecule has 1 atom stereocenters. The SMILES string of the molecule is C[C@H](NC(=O)COC(=O)/C=C/c1cc(Br)ccc1F)c1ccccc1. The molecule has 0 fully saturated rings. The number of benzene rings is 2. The van der Waals surface area contributed by atoms with Crippen LogP contribution in [0.5, 0.6) is 0 Å². The molecular weight excluding hydrogens is 389 g/mol. The van der Waals surface area contributed by atoms with E-state index in [1.54, 1.807) is 6.07 Å². The van der Waals surface area contributed by atoms with Crippen LogP contribution in [0.15, 0.2) is 59.1 Å². The van der Waals surface area contributed by atoms with Gasteiger partial charge in [0.15, 0.2) is 6.61 Å². The summed E-state index contributed by atoms with van der Waals surface area (Å²) in [6.07, 6.45) is 2.38. The van der Waals surface area contributed by atoms with Gasteiger partial charge in [-0.2, -0.15) is 0 Å². The zero-order chi connectivity index (χ0) is 18.2. The lowest BCUT2D eigenvalue weighted by Crippen LogP contribution is -2.30. The van der Waals surface area contributed by atoms with Crippen molar-refractivity contribution in [3.05, 3.63) is 76.0 Å². The first-order valence-corrected chi connectivity index (χ1v) is 8.39. The fraction of sp³-hybridized carbons (Fsp3) is 0.158. The van der Waals surface area contributed by atoms with E-state index >= 15 is 0 Å². The van der Waals surface area contributed by atoms with Crippen LogP contribution in [-0.4, -0.2) is 18.5 Å². The van der Waals surface area contributed by atoms with Crippen LogP contribution in [0, 0.1) is 5.82 Å². The molecule has 0 spiro atoms. The van der Waals surface area contributed by atoms with Crippen molar-refractivity contribution in [2.45, 2.75) is 13.0 Å². The predicted octanol–water partition coefficient (Wildman–Crippen LogP) is 4.02. The molecule has 0 unspecified atom stereocenters. The van der Waals surface area contributed by atoms with E-state index < -0.39 is 24.3 Å². The molecule has 0 aliphatic heterocycles. The van der Waals surface area contributed by atoms with Gasteiger partial charge in [-0.05, 0) is 36.8 Å². The molecule has 0 radical (unpaired) electrons. The Kier molecular flexibility index (Phi) is 6.89. The fourth-order valence-electron chi connectivity index (χ4n) is 2.09. The molecule has 0 saturated carbocycles. The number of rotatable bonds is 6. The molecule has 0 bridgehead atoms. The Labute approximate surface area is 153 Å². The summed E-state index contributed by atoms with van der Waals surface area (Å²) in [6.45, 7) is 1.44. The minimum absolute atomic E-state index is 0.196. The summed E-state index contributed by atoms with van der Waals surface area (Å²) in [6, 6.07) is 13.6. The number of carbonyl (C=O) groups excluding carboxylic acids is 2. The van der Waals surface area contributed by atoms with Crippen LogP contribution >= 0.6 is 15.9 Å². The van der Waals surface area contributed by atoms with Crippen LogP contribution in [0.2, 0.25) is 0 Å². The van der Waals surface area contributed by atoms with Crippen LogP contribution in [0.3, 0.4) is 0 Å². The zero-order valence-electron chi connectivity index (χ0n) is 13.5. The number of carbonyl (C=O) groups is 2. The average molecular weight is 406 g/mol. The summed E-state index contributed by atoms with van der Waals surface area (Å²) in [4.78, 5) is 23.5. The molecule has 2 aromatic carbocycles. The maximum atomic E-state index is 13.6. The Hall–Kier alpha value is -2.47. The van der Waals surface area contributed by atoms with Crippen LogP contribution < -0.4 is 5.32 Å². The van der Waals surface area contributed by atoms with Gasteiger partial charge in [-0.1, -0.05) is 46.3 Å². The summed E-state index contributed by atoms with van der Waals surface area (Å²) in [5.74, 6) is -1.59. The molecule has 0 heterocycles. The molecule has 1 amide bonds. The Balaban J connectivity index is 1.82. The first kappa shape index (κ1) is 18.9. The Bertz CT molecular complexity index is 777. The summed E-state index contributed by atoms with van der Waals surface area (Å²) in [5, 5.41) is 2.74. The van der Waals surface area contributed by atoms with Gasteiger partial charge in [-0.3, -0.25) is 4.79 Å². The first-order valence-electron chi connectivity index (χ1n) is 7.60. The summed E-state index contributed by atoms with van der Waals surface area (Å²) in [5.41, 5.74) is 1.20. The monoisotopic (exact) mass is 405 g/mol. The van der Waals surface area contributed by atoms with Gasteiger partial charge in [0, 0.05) is 16.1 Å². The maximum Gasteiger partial charge on any atom is 0.331 e. The normalized spacial score (nSPS) is 12.0. The molecule has 4 nitrogen and oxygen atoms in total. The van der Waals surface area contributed by atoms with Gasteiger partial charge in [-0.15, -0.1) is 0 Å². The third-order valence-electron chi connectivity index (χ3n) is 3.38. The minimum Gasteiger partial charge on any atom is -0.452 e. The van der Waals surface area contributed by atoms with E-state index in [9.17, 15) is 14.0 Å². The van der Waals surface area contributed by atoms with E-state index in [2.05, 4.69) is 21.2 Å². The quantitative estimate of drug-likeness (QED) is 0.583. The van der Waals surface area contributed by atoms with E-state index in [0.29, 0.717) is 4.47 Å². The van der Waals surface area contributed by atoms with Gasteiger partial charge < -0.3 is 10.1 Å². The van der Waals surface area contributed by atoms with E-state index in [1.807, 2.05) is 37.3 Å². The van der Waals surface area contributed by atoms with Gasteiger partial charge in [0.25, 0.3) is 5.91 Å². The smallest absolute Gasteiger partial charge is 0.331 e. The minimum atomic E-state index is -0.720. The maximum absolute atomic E-state index is 13.6. The fourth-order valence-corrected chi connectivity index (χ4v) is 2.47. The highest BCUT2D eigenvalue weighted by Gasteiger charge is 2.10. The standard InChI is InChI=1S/C19H17BrFNO3/c1-13(14-5-3-2-4-6-14)22-18(23)12-25-19(24)10-7-15-11-16(20)8-9-17(15)21/h2-11,13H,12H2,1H3,(H,22,23)/b10-7+/t13-/m0/s1. The van der Waals surface area contributed by atoms with Crippen LogP contribution in [-0.2, 0) is 14.3 Å². The highest BCUT2D eigenvalue weighted by atomic mass is 79.9. The number of halogens is 2. The summed E-state index contributed by atoms with van der Waals surface area (Å²) >= 11 is 3.23. The van der Waals surface area contributed by atoms with Crippen molar-refractivity contribution >= 4 is 33.9 Å². The second kappa shape index (κ2) is 9.13. The van der Waals surface area contributed by atoms with Crippen LogP contribution in [0.25, 0.3) is 6.08 Å². The topological polar surface area (TPSA) is 55.4 Å². The van der Waals surface area contributed by atoms with Crippen molar-refractivity contribution in [3.63, 3.8) is 0 Å². The molecule has 6 heteroatoms. The van der Waals surface area contributed by atoms with E-state index in [1.165, 1.54) is 18.2 Å². The van der Waals surface area contributed by atoms with Gasteiger partial charge in [0.1, 0.15) is 5.82 Å². The Morgan fingerprint density at radius 3 is 2.68 bits per heavy atom. The van der Waals surface area contributed by atoms with Crippen molar-refractivity contribution in [2.24, 2.45) is 0 Å². The summed E-state index contributed by atoms with van der Waals surface area (Å²) < 4.78 is 19.1. The van der Waals surface area contributed by atoms with E-state index in [4.69, 9.17) is 4.74 Å². The van der Waals surface area contributed by atoms with E-state index in [0.717, 1.165) is 11.6 Å². The Morgan fingerprint density at radius 2 is 1.96 bits per heavy atom. The Morgan fingerprint density at radius 1 is 1.24 bits per heavy atom. The molecule has 1 N–H and O–H groups in total. The third kappa shape index (κ3) is 6.15. The number of ether oxygens (including phenoxy) is 1. The molecule has 2 aromatic rings. The molecule has 130 valence electrons. The molecule has 0 saturated heterocycles. The van der Waals surface area contributed by atoms with Gasteiger partial charge in [0.2, 0.25) is 0 Å². The van der Waals surface area contributed by atoms with Crippen molar-refractivity contribution < 1.29 is 18.7 Å². The second-order valence-electron chi connectivity index (χ2n) is 5.31. The summed E-state index contributed by atoms with van der Waals surface area (Å²) in [7, 11) is 0. The van der Waals surface area contributed by atoms with Gasteiger partial charge >= 0.3 is 5.97 Å². The highest BCUT2D eigenvalue weighted by Crippen LogP contribution is 2.16. The number of amides is 1. The van der Waals surface area contributed by atoms with Gasteiger partial charge in [0.05, 0.1) is 6.04 Å².